The molecule has 34 heavy (non-hydrogen) atoms. The number of nitrogens with one attached hydrogen (secondary N) is 1. The van der Waals surface area contributed by atoms with E-state index in [-0.39, 0.29) is 6.10 Å². The van der Waals surface area contributed by atoms with Crippen molar-refractivity contribution in [2.45, 2.75) is 50.9 Å². The number of alkyl halides is 3. The molecule has 1 N–H and O–H groups in total. The van der Waals surface area contributed by atoms with Crippen molar-refractivity contribution in [3.05, 3.63) is 65.2 Å². The summed E-state index contributed by atoms with van der Waals surface area (Å²) in [6, 6.07) is 14.0. The van der Waals surface area contributed by atoms with Crippen molar-refractivity contribution >= 4 is 0 Å². The summed E-state index contributed by atoms with van der Waals surface area (Å²) in [6.45, 7) is 7.19. The van der Waals surface area contributed by atoms with Gasteiger partial charge in [-0.05, 0) is 55.9 Å². The predicted molar refractivity (Wildman–Crippen MR) is 131 cm³/mol. The number of unbranched alkanes of at least 4 members (excludes halogenated alkanes) is 1. The first kappa shape index (κ1) is 26.5. The highest BCUT2D eigenvalue weighted by Gasteiger charge is 2.30. The molecule has 1 fully saturated rings. The molecule has 0 saturated carbocycles. The third-order valence-corrected chi connectivity index (χ3v) is 6.41. The zero-order chi connectivity index (χ0) is 24.6. The van der Waals surface area contributed by atoms with Gasteiger partial charge >= 0.3 is 6.18 Å². The second kappa shape index (κ2) is 12.6. The van der Waals surface area contributed by atoms with Gasteiger partial charge in [-0.15, -0.1) is 0 Å². The SMILES string of the molecule is CCCCC(c1ccc(C(CCN(C)C)Oc2ccc(C(F)(F)F)cc2)cc1)N1CCNCC1. The smallest absolute Gasteiger partial charge is 0.416 e. The van der Waals surface area contributed by atoms with E-state index in [0.29, 0.717) is 11.8 Å². The topological polar surface area (TPSA) is 27.7 Å². The number of nitrogens with zero attached hydrogens (tertiary/aromatic N) is 2. The van der Waals surface area contributed by atoms with E-state index < -0.39 is 11.7 Å². The minimum atomic E-state index is -4.35. The summed E-state index contributed by atoms with van der Waals surface area (Å²) < 4.78 is 44.9. The van der Waals surface area contributed by atoms with Crippen molar-refractivity contribution in [1.29, 1.82) is 0 Å². The number of halogens is 3. The molecule has 2 unspecified atom stereocenters. The van der Waals surface area contributed by atoms with Gasteiger partial charge in [0.05, 0.1) is 5.56 Å². The predicted octanol–water partition coefficient (Wildman–Crippen LogP) is 5.91. The Bertz CT molecular complexity index is 847. The Hall–Kier alpha value is -2.09. The Morgan fingerprint density at radius 2 is 1.56 bits per heavy atom. The van der Waals surface area contributed by atoms with Gasteiger partial charge in [-0.3, -0.25) is 4.90 Å². The van der Waals surface area contributed by atoms with Crippen LogP contribution >= 0.6 is 0 Å². The minimum Gasteiger partial charge on any atom is -0.486 e. The standard InChI is InChI=1S/C27H38F3N3O/c1-4-5-6-25(33-19-16-31-17-20-33)21-7-9-22(10-8-21)26(15-18-32(2)3)34-24-13-11-23(12-14-24)27(28,29)30/h7-14,25-26,31H,4-6,15-20H2,1-3H3. The van der Waals surface area contributed by atoms with Crippen LogP contribution in [0.3, 0.4) is 0 Å². The van der Waals surface area contributed by atoms with E-state index in [4.69, 9.17) is 4.74 Å². The lowest BCUT2D eigenvalue weighted by atomic mass is 9.96. The second-order valence-corrected chi connectivity index (χ2v) is 9.33. The van der Waals surface area contributed by atoms with Gasteiger partial charge in [0.2, 0.25) is 0 Å². The number of benzene rings is 2. The maximum absolute atomic E-state index is 12.9. The number of piperazine rings is 1. The highest BCUT2D eigenvalue weighted by molar-refractivity contribution is 5.31. The number of ether oxygens (including phenoxy) is 1. The van der Waals surface area contributed by atoms with E-state index in [0.717, 1.165) is 63.3 Å². The number of hydrogen-bond acceptors (Lipinski definition) is 4. The van der Waals surface area contributed by atoms with Gasteiger partial charge in [-0.1, -0.05) is 44.0 Å². The molecule has 0 radical (unpaired) electrons. The maximum atomic E-state index is 12.9. The molecule has 0 aromatic heterocycles. The molecule has 0 amide bonds. The summed E-state index contributed by atoms with van der Waals surface area (Å²) in [4.78, 5) is 4.66. The molecule has 3 rings (SSSR count). The van der Waals surface area contributed by atoms with Crippen LogP contribution in [0.5, 0.6) is 5.75 Å². The maximum Gasteiger partial charge on any atom is 0.416 e. The van der Waals surface area contributed by atoms with Crippen LogP contribution in [0.25, 0.3) is 0 Å². The fourth-order valence-corrected chi connectivity index (χ4v) is 4.44. The lowest BCUT2D eigenvalue weighted by Gasteiger charge is -2.35. The first-order valence-electron chi connectivity index (χ1n) is 12.3. The van der Waals surface area contributed by atoms with Crippen LogP contribution in [0, 0.1) is 0 Å². The third-order valence-electron chi connectivity index (χ3n) is 6.41. The molecule has 1 heterocycles. The Morgan fingerprint density at radius 1 is 0.941 bits per heavy atom. The van der Waals surface area contributed by atoms with E-state index in [1.165, 1.54) is 30.5 Å². The summed E-state index contributed by atoms with van der Waals surface area (Å²) in [5.74, 6) is 0.447. The van der Waals surface area contributed by atoms with Crippen LogP contribution in [-0.2, 0) is 6.18 Å². The number of rotatable bonds is 11. The fraction of sp³-hybridized carbons (Fsp3) is 0.556. The molecule has 188 valence electrons. The van der Waals surface area contributed by atoms with E-state index in [9.17, 15) is 13.2 Å². The van der Waals surface area contributed by atoms with E-state index in [2.05, 4.69) is 46.3 Å². The van der Waals surface area contributed by atoms with Gasteiger partial charge in [0, 0.05) is 45.2 Å². The molecule has 4 nitrogen and oxygen atoms in total. The average molecular weight is 478 g/mol. The quantitative estimate of drug-likeness (QED) is 0.435. The molecule has 2 aromatic carbocycles. The lowest BCUT2D eigenvalue weighted by molar-refractivity contribution is -0.137. The van der Waals surface area contributed by atoms with Crippen LogP contribution in [0.1, 0.15) is 61.4 Å². The molecule has 1 aliphatic heterocycles. The first-order valence-corrected chi connectivity index (χ1v) is 12.3. The van der Waals surface area contributed by atoms with Crippen LogP contribution in [0.4, 0.5) is 13.2 Å². The van der Waals surface area contributed by atoms with Crippen molar-refractivity contribution in [2.75, 3.05) is 46.8 Å². The van der Waals surface area contributed by atoms with Crippen molar-refractivity contribution < 1.29 is 17.9 Å². The zero-order valence-electron chi connectivity index (χ0n) is 20.6. The van der Waals surface area contributed by atoms with Crippen molar-refractivity contribution in [3.8, 4) is 5.75 Å². The minimum absolute atomic E-state index is 0.235. The molecular weight excluding hydrogens is 439 g/mol. The Kier molecular flexibility index (Phi) is 9.80. The second-order valence-electron chi connectivity index (χ2n) is 9.33. The monoisotopic (exact) mass is 477 g/mol. The number of hydrogen-bond donors (Lipinski definition) is 1. The Morgan fingerprint density at radius 3 is 2.12 bits per heavy atom. The van der Waals surface area contributed by atoms with Gasteiger partial charge in [-0.2, -0.15) is 13.2 Å². The van der Waals surface area contributed by atoms with Gasteiger partial charge in [-0.25, -0.2) is 0 Å². The zero-order valence-corrected chi connectivity index (χ0v) is 20.6. The van der Waals surface area contributed by atoms with Crippen molar-refractivity contribution in [2.24, 2.45) is 0 Å². The summed E-state index contributed by atoms with van der Waals surface area (Å²) >= 11 is 0. The molecule has 2 aromatic rings. The Labute approximate surface area is 202 Å². The van der Waals surface area contributed by atoms with Gasteiger partial charge < -0.3 is 15.0 Å². The normalized spacial score (nSPS) is 17.0. The van der Waals surface area contributed by atoms with Gasteiger partial charge in [0.1, 0.15) is 11.9 Å². The molecule has 0 spiro atoms. The average Bonchev–Trinajstić information content (AvgIpc) is 2.83. The molecular formula is C27H38F3N3O. The summed E-state index contributed by atoms with van der Waals surface area (Å²) in [5, 5.41) is 3.43. The summed E-state index contributed by atoms with van der Waals surface area (Å²) in [5.41, 5.74) is 1.69. The van der Waals surface area contributed by atoms with Crippen LogP contribution in [-0.4, -0.2) is 56.6 Å². The lowest BCUT2D eigenvalue weighted by Crippen LogP contribution is -2.45. The van der Waals surface area contributed by atoms with Crippen molar-refractivity contribution in [1.82, 2.24) is 15.1 Å². The van der Waals surface area contributed by atoms with Crippen LogP contribution < -0.4 is 10.1 Å². The fourth-order valence-electron chi connectivity index (χ4n) is 4.44. The van der Waals surface area contributed by atoms with Crippen molar-refractivity contribution in [3.63, 3.8) is 0 Å². The Balaban J connectivity index is 1.77. The first-order chi connectivity index (χ1) is 16.3. The molecule has 2 atom stereocenters. The van der Waals surface area contributed by atoms with Crippen LogP contribution in [0.2, 0.25) is 0 Å². The molecule has 1 saturated heterocycles. The highest BCUT2D eigenvalue weighted by Crippen LogP contribution is 2.33. The van der Waals surface area contributed by atoms with E-state index in [1.54, 1.807) is 0 Å². The summed E-state index contributed by atoms with van der Waals surface area (Å²) in [7, 11) is 4.01. The summed E-state index contributed by atoms with van der Waals surface area (Å²) in [6.07, 6.45) is -0.335. The highest BCUT2D eigenvalue weighted by atomic mass is 19.4. The van der Waals surface area contributed by atoms with Gasteiger partial charge in [0.25, 0.3) is 0 Å². The van der Waals surface area contributed by atoms with Gasteiger partial charge in [0.15, 0.2) is 0 Å². The molecule has 1 aliphatic rings. The molecule has 0 aliphatic carbocycles. The molecule has 7 heteroatoms. The van der Waals surface area contributed by atoms with E-state index in [1.807, 2.05) is 14.1 Å². The van der Waals surface area contributed by atoms with E-state index >= 15 is 0 Å². The van der Waals surface area contributed by atoms with Crippen LogP contribution in [0.15, 0.2) is 48.5 Å². The molecule has 0 bridgehead atoms. The largest absolute Gasteiger partial charge is 0.486 e. The third kappa shape index (κ3) is 7.72.